The van der Waals surface area contributed by atoms with Crippen molar-refractivity contribution >= 4 is 27.1 Å². The van der Waals surface area contributed by atoms with Crippen molar-refractivity contribution in [1.82, 2.24) is 10.3 Å². The van der Waals surface area contributed by atoms with E-state index in [1.165, 1.54) is 11.3 Å². The average molecular weight is 364 g/mol. The van der Waals surface area contributed by atoms with Gasteiger partial charge in [0.25, 0.3) is 0 Å². The van der Waals surface area contributed by atoms with E-state index in [0.717, 1.165) is 26.7 Å². The van der Waals surface area contributed by atoms with Crippen molar-refractivity contribution in [3.63, 3.8) is 0 Å². The normalized spacial score (nSPS) is 19.3. The summed E-state index contributed by atoms with van der Waals surface area (Å²) in [7, 11) is -2.98. The van der Waals surface area contributed by atoms with Crippen molar-refractivity contribution in [3.05, 3.63) is 40.4 Å². The van der Waals surface area contributed by atoms with E-state index in [4.69, 9.17) is 0 Å². The quantitative estimate of drug-likeness (QED) is 0.903. The smallest absolute Gasteiger partial charge is 0.225 e. The maximum Gasteiger partial charge on any atom is 0.225 e. The first kappa shape index (κ1) is 17.1. The van der Waals surface area contributed by atoms with Gasteiger partial charge in [-0.1, -0.05) is 24.3 Å². The van der Waals surface area contributed by atoms with Crippen LogP contribution in [0.1, 0.15) is 22.6 Å². The summed E-state index contributed by atoms with van der Waals surface area (Å²) in [5.74, 6) is 0.0734. The summed E-state index contributed by atoms with van der Waals surface area (Å²) in [4.78, 5) is 17.7. The summed E-state index contributed by atoms with van der Waals surface area (Å²) in [6.45, 7) is 3.94. The molecule has 128 valence electrons. The molecule has 1 aromatic heterocycles. The van der Waals surface area contributed by atoms with Crippen LogP contribution in [0, 0.1) is 13.8 Å². The Bertz CT molecular complexity index is 872. The highest BCUT2D eigenvalue weighted by Gasteiger charge is 2.29. The lowest BCUT2D eigenvalue weighted by molar-refractivity contribution is -0.120. The van der Waals surface area contributed by atoms with Crippen LogP contribution in [0.25, 0.3) is 10.6 Å². The zero-order chi connectivity index (χ0) is 17.3. The van der Waals surface area contributed by atoms with Gasteiger partial charge < -0.3 is 5.32 Å². The van der Waals surface area contributed by atoms with E-state index in [1.54, 1.807) is 0 Å². The molecule has 0 bridgehead atoms. The fraction of sp³-hybridized carbons (Fsp3) is 0.412. The molecule has 0 radical (unpaired) electrons. The minimum atomic E-state index is -2.98. The number of nitrogens with zero attached hydrogens (tertiary/aromatic N) is 1. The SMILES string of the molecule is Cc1ccccc1-c1nc(C)c(CC(=O)NC2CCS(=O)(=O)C2)s1. The van der Waals surface area contributed by atoms with Gasteiger partial charge in [0.05, 0.1) is 23.6 Å². The van der Waals surface area contributed by atoms with Crippen molar-refractivity contribution in [2.24, 2.45) is 0 Å². The lowest BCUT2D eigenvalue weighted by Crippen LogP contribution is -2.36. The monoisotopic (exact) mass is 364 g/mol. The second-order valence-electron chi connectivity index (χ2n) is 6.19. The zero-order valence-electron chi connectivity index (χ0n) is 13.7. The molecule has 0 aliphatic carbocycles. The highest BCUT2D eigenvalue weighted by Crippen LogP contribution is 2.30. The second-order valence-corrected chi connectivity index (χ2v) is 9.50. The Morgan fingerprint density at radius 1 is 1.33 bits per heavy atom. The molecule has 0 spiro atoms. The van der Waals surface area contributed by atoms with Crippen LogP contribution in [0.4, 0.5) is 0 Å². The summed E-state index contributed by atoms with van der Waals surface area (Å²) in [6, 6.07) is 7.78. The van der Waals surface area contributed by atoms with Crippen LogP contribution in [-0.2, 0) is 21.1 Å². The molecule has 0 saturated carbocycles. The molecule has 1 unspecified atom stereocenters. The zero-order valence-corrected chi connectivity index (χ0v) is 15.3. The van der Waals surface area contributed by atoms with Crippen molar-refractivity contribution < 1.29 is 13.2 Å². The number of benzene rings is 1. The minimum Gasteiger partial charge on any atom is -0.352 e. The first-order chi connectivity index (χ1) is 11.3. The number of aromatic nitrogens is 1. The fourth-order valence-electron chi connectivity index (χ4n) is 2.85. The van der Waals surface area contributed by atoms with E-state index in [1.807, 2.05) is 38.1 Å². The van der Waals surface area contributed by atoms with Crippen LogP contribution in [0.2, 0.25) is 0 Å². The molecule has 1 aliphatic heterocycles. The third-order valence-electron chi connectivity index (χ3n) is 4.19. The number of rotatable bonds is 4. The first-order valence-corrected chi connectivity index (χ1v) is 10.5. The Morgan fingerprint density at radius 2 is 2.08 bits per heavy atom. The van der Waals surface area contributed by atoms with Gasteiger partial charge in [-0.25, -0.2) is 13.4 Å². The van der Waals surface area contributed by atoms with Gasteiger partial charge in [-0.3, -0.25) is 4.79 Å². The van der Waals surface area contributed by atoms with Crippen molar-refractivity contribution in [2.45, 2.75) is 32.7 Å². The van der Waals surface area contributed by atoms with Gasteiger partial charge in [0.15, 0.2) is 9.84 Å². The van der Waals surface area contributed by atoms with Gasteiger partial charge in [0.2, 0.25) is 5.91 Å². The molecule has 7 heteroatoms. The lowest BCUT2D eigenvalue weighted by Gasteiger charge is -2.10. The van der Waals surface area contributed by atoms with Crippen molar-refractivity contribution in [3.8, 4) is 10.6 Å². The van der Waals surface area contributed by atoms with E-state index in [9.17, 15) is 13.2 Å². The van der Waals surface area contributed by atoms with Crippen molar-refractivity contribution in [2.75, 3.05) is 11.5 Å². The molecule has 3 rings (SSSR count). The summed E-state index contributed by atoms with van der Waals surface area (Å²) in [6.07, 6.45) is 0.746. The van der Waals surface area contributed by atoms with Gasteiger partial charge in [0.1, 0.15) is 5.01 Å². The molecule has 2 heterocycles. The maximum atomic E-state index is 12.2. The van der Waals surface area contributed by atoms with Crippen LogP contribution < -0.4 is 5.32 Å². The molecule has 2 aromatic rings. The third-order valence-corrected chi connectivity index (χ3v) is 7.15. The highest BCUT2D eigenvalue weighted by molar-refractivity contribution is 7.91. The number of carbonyl (C=O) groups excluding carboxylic acids is 1. The van der Waals surface area contributed by atoms with Gasteiger partial charge in [-0.15, -0.1) is 11.3 Å². The molecule has 5 nitrogen and oxygen atoms in total. The number of carbonyl (C=O) groups is 1. The predicted octanol–water partition coefficient (Wildman–Crippen LogP) is 2.27. The molecular formula is C17H20N2O3S2. The number of sulfone groups is 1. The second kappa shape index (κ2) is 6.64. The number of aryl methyl sites for hydroxylation is 2. The topological polar surface area (TPSA) is 76.1 Å². The van der Waals surface area contributed by atoms with Gasteiger partial charge in [0, 0.05) is 16.5 Å². The Balaban J connectivity index is 1.70. The summed E-state index contributed by atoms with van der Waals surface area (Å²) < 4.78 is 22.9. The maximum absolute atomic E-state index is 12.2. The Morgan fingerprint density at radius 3 is 2.75 bits per heavy atom. The molecular weight excluding hydrogens is 344 g/mol. The Labute approximate surface area is 146 Å². The molecule has 24 heavy (non-hydrogen) atoms. The predicted molar refractivity (Wildman–Crippen MR) is 95.9 cm³/mol. The van der Waals surface area contributed by atoms with Crippen LogP contribution in [0.3, 0.4) is 0 Å². The summed E-state index contributed by atoms with van der Waals surface area (Å²) >= 11 is 1.52. The summed E-state index contributed by atoms with van der Waals surface area (Å²) in [5.41, 5.74) is 3.09. The van der Waals surface area contributed by atoms with Crippen LogP contribution >= 0.6 is 11.3 Å². The van der Waals surface area contributed by atoms with E-state index in [0.29, 0.717) is 6.42 Å². The molecule has 1 fully saturated rings. The largest absolute Gasteiger partial charge is 0.352 e. The first-order valence-electron chi connectivity index (χ1n) is 7.86. The van der Waals surface area contributed by atoms with Crippen LogP contribution in [-0.4, -0.2) is 36.9 Å². The Hall–Kier alpha value is -1.73. The molecule has 1 amide bonds. The van der Waals surface area contributed by atoms with Gasteiger partial charge in [-0.2, -0.15) is 0 Å². The van der Waals surface area contributed by atoms with Crippen LogP contribution in [0.5, 0.6) is 0 Å². The summed E-state index contributed by atoms with van der Waals surface area (Å²) in [5, 5.41) is 3.75. The van der Waals surface area contributed by atoms with E-state index < -0.39 is 9.84 Å². The lowest BCUT2D eigenvalue weighted by atomic mass is 10.1. The van der Waals surface area contributed by atoms with Gasteiger partial charge in [-0.05, 0) is 25.8 Å². The molecule has 1 atom stereocenters. The van der Waals surface area contributed by atoms with E-state index >= 15 is 0 Å². The number of thiazole rings is 1. The number of amides is 1. The van der Waals surface area contributed by atoms with Gasteiger partial charge >= 0.3 is 0 Å². The molecule has 1 aromatic carbocycles. The number of nitrogens with one attached hydrogen (secondary N) is 1. The minimum absolute atomic E-state index is 0.0505. The molecule has 1 N–H and O–H groups in total. The number of hydrogen-bond acceptors (Lipinski definition) is 5. The van der Waals surface area contributed by atoms with Crippen LogP contribution in [0.15, 0.2) is 24.3 Å². The van der Waals surface area contributed by atoms with E-state index in [2.05, 4.69) is 10.3 Å². The number of hydrogen-bond donors (Lipinski definition) is 1. The fourth-order valence-corrected chi connectivity index (χ4v) is 5.68. The van der Waals surface area contributed by atoms with E-state index in [-0.39, 0.29) is 29.9 Å². The molecule has 1 saturated heterocycles. The Kier molecular flexibility index (Phi) is 4.73. The third kappa shape index (κ3) is 3.84. The standard InChI is InChI=1S/C17H20N2O3S2/c1-11-5-3-4-6-14(11)17-18-12(2)15(23-17)9-16(20)19-13-7-8-24(21,22)10-13/h3-6,13H,7-10H2,1-2H3,(H,19,20). The molecule has 1 aliphatic rings. The van der Waals surface area contributed by atoms with Crippen molar-refractivity contribution in [1.29, 1.82) is 0 Å². The highest BCUT2D eigenvalue weighted by atomic mass is 32.2. The average Bonchev–Trinajstić information content (AvgIpc) is 3.02.